The second-order valence-electron chi connectivity index (χ2n) is 5.23. The highest BCUT2D eigenvalue weighted by Crippen LogP contribution is 2.27. The first kappa shape index (κ1) is 15.8. The van der Waals surface area contributed by atoms with E-state index in [9.17, 15) is 13.2 Å². The number of sulfone groups is 1. The molecule has 1 aliphatic rings. The van der Waals surface area contributed by atoms with Crippen molar-refractivity contribution in [3.05, 3.63) is 29.8 Å². The van der Waals surface area contributed by atoms with Crippen LogP contribution in [0.15, 0.2) is 24.3 Å². The molecule has 1 heterocycles. The third-order valence-electron chi connectivity index (χ3n) is 3.49. The van der Waals surface area contributed by atoms with E-state index in [2.05, 4.69) is 5.32 Å². The standard InChI is InChI=1S/C14H20N2O4S/c1-10-14(17)16(7-8-21(3,18)19)13(15-10)11-5-4-6-12(9-11)20-2/h4-6,9-10,13,15H,7-8H2,1-3H3. The lowest BCUT2D eigenvalue weighted by atomic mass is 10.1. The molecule has 1 saturated heterocycles. The molecule has 0 aliphatic carbocycles. The molecule has 1 amide bonds. The predicted octanol–water partition coefficient (Wildman–Crippen LogP) is 0.559. The van der Waals surface area contributed by atoms with Gasteiger partial charge in [-0.25, -0.2) is 8.42 Å². The van der Waals surface area contributed by atoms with Crippen LogP contribution in [0.4, 0.5) is 0 Å². The number of nitrogens with zero attached hydrogens (tertiary/aromatic N) is 1. The van der Waals surface area contributed by atoms with Gasteiger partial charge in [-0.3, -0.25) is 10.1 Å². The lowest BCUT2D eigenvalue weighted by Gasteiger charge is -2.24. The van der Waals surface area contributed by atoms with Crippen molar-refractivity contribution in [1.29, 1.82) is 0 Å². The van der Waals surface area contributed by atoms with Gasteiger partial charge in [0.25, 0.3) is 0 Å². The number of benzene rings is 1. The molecule has 2 unspecified atom stereocenters. The highest BCUT2D eigenvalue weighted by molar-refractivity contribution is 7.90. The Morgan fingerprint density at radius 2 is 2.10 bits per heavy atom. The molecule has 1 aromatic carbocycles. The van der Waals surface area contributed by atoms with E-state index in [1.54, 1.807) is 18.9 Å². The van der Waals surface area contributed by atoms with Crippen LogP contribution in [0.1, 0.15) is 18.7 Å². The fraction of sp³-hybridized carbons (Fsp3) is 0.500. The minimum atomic E-state index is -3.12. The van der Waals surface area contributed by atoms with Gasteiger partial charge in [0.2, 0.25) is 5.91 Å². The summed E-state index contributed by atoms with van der Waals surface area (Å²) in [6.07, 6.45) is 0.842. The van der Waals surface area contributed by atoms with E-state index in [1.807, 2.05) is 24.3 Å². The smallest absolute Gasteiger partial charge is 0.241 e. The van der Waals surface area contributed by atoms with Crippen molar-refractivity contribution < 1.29 is 17.9 Å². The third-order valence-corrected chi connectivity index (χ3v) is 4.41. The molecule has 2 atom stereocenters. The molecule has 1 fully saturated rings. The van der Waals surface area contributed by atoms with E-state index in [0.717, 1.165) is 5.56 Å². The summed E-state index contributed by atoms with van der Waals surface area (Å²) in [6.45, 7) is 1.95. The van der Waals surface area contributed by atoms with E-state index in [4.69, 9.17) is 4.74 Å². The van der Waals surface area contributed by atoms with Crippen molar-refractivity contribution in [2.75, 3.05) is 25.7 Å². The van der Waals surface area contributed by atoms with Gasteiger partial charge in [0.05, 0.1) is 18.9 Å². The van der Waals surface area contributed by atoms with E-state index in [0.29, 0.717) is 5.75 Å². The maximum atomic E-state index is 12.2. The van der Waals surface area contributed by atoms with E-state index < -0.39 is 9.84 Å². The molecular weight excluding hydrogens is 292 g/mol. The van der Waals surface area contributed by atoms with Gasteiger partial charge in [-0.1, -0.05) is 12.1 Å². The Hall–Kier alpha value is -1.60. The molecule has 0 saturated carbocycles. The van der Waals surface area contributed by atoms with Gasteiger partial charge >= 0.3 is 0 Å². The van der Waals surface area contributed by atoms with Crippen LogP contribution >= 0.6 is 0 Å². The molecule has 116 valence electrons. The molecule has 1 aromatic rings. The van der Waals surface area contributed by atoms with Crippen molar-refractivity contribution >= 4 is 15.7 Å². The molecule has 2 rings (SSSR count). The van der Waals surface area contributed by atoms with Gasteiger partial charge in [0.1, 0.15) is 21.8 Å². The minimum absolute atomic E-state index is 0.0480. The zero-order valence-corrected chi connectivity index (χ0v) is 13.2. The number of hydrogen-bond acceptors (Lipinski definition) is 5. The molecule has 1 aliphatic heterocycles. The summed E-state index contributed by atoms with van der Waals surface area (Å²) in [6, 6.07) is 7.07. The lowest BCUT2D eigenvalue weighted by Crippen LogP contribution is -2.34. The maximum absolute atomic E-state index is 12.2. The predicted molar refractivity (Wildman–Crippen MR) is 79.8 cm³/mol. The highest BCUT2D eigenvalue weighted by atomic mass is 32.2. The fourth-order valence-electron chi connectivity index (χ4n) is 2.37. The van der Waals surface area contributed by atoms with Gasteiger partial charge in [-0.2, -0.15) is 0 Å². The van der Waals surface area contributed by atoms with Crippen LogP contribution < -0.4 is 10.1 Å². The highest BCUT2D eigenvalue weighted by Gasteiger charge is 2.37. The second-order valence-corrected chi connectivity index (χ2v) is 7.49. The Morgan fingerprint density at radius 1 is 1.38 bits per heavy atom. The van der Waals surface area contributed by atoms with Crippen LogP contribution in [-0.2, 0) is 14.6 Å². The Balaban J connectivity index is 2.24. The number of methoxy groups -OCH3 is 1. The summed E-state index contributed by atoms with van der Waals surface area (Å²) in [4.78, 5) is 13.8. The first-order valence-corrected chi connectivity index (χ1v) is 8.76. The van der Waals surface area contributed by atoms with Crippen LogP contribution in [0.5, 0.6) is 5.75 Å². The normalized spacial score (nSPS) is 22.6. The molecule has 0 spiro atoms. The van der Waals surface area contributed by atoms with Crippen molar-refractivity contribution in [2.24, 2.45) is 0 Å². The number of carbonyl (C=O) groups excluding carboxylic acids is 1. The monoisotopic (exact) mass is 312 g/mol. The largest absolute Gasteiger partial charge is 0.497 e. The van der Waals surface area contributed by atoms with Gasteiger partial charge in [0, 0.05) is 12.8 Å². The SMILES string of the molecule is COc1cccc(C2NC(C)C(=O)N2CCS(C)(=O)=O)c1. The summed E-state index contributed by atoms with van der Waals surface area (Å²) in [5.74, 6) is 0.559. The Morgan fingerprint density at radius 3 is 2.71 bits per heavy atom. The van der Waals surface area contributed by atoms with Crippen LogP contribution in [0, 0.1) is 0 Å². The number of ether oxygens (including phenoxy) is 1. The van der Waals surface area contributed by atoms with Gasteiger partial charge in [-0.05, 0) is 24.6 Å². The summed E-state index contributed by atoms with van der Waals surface area (Å²) in [5.41, 5.74) is 0.876. The number of nitrogens with one attached hydrogen (secondary N) is 1. The van der Waals surface area contributed by atoms with Gasteiger partial charge in [-0.15, -0.1) is 0 Å². The van der Waals surface area contributed by atoms with Crippen molar-refractivity contribution in [1.82, 2.24) is 10.2 Å². The summed E-state index contributed by atoms with van der Waals surface area (Å²) < 4.78 is 27.9. The van der Waals surface area contributed by atoms with Gasteiger partial charge in [0.15, 0.2) is 0 Å². The molecule has 7 heteroatoms. The first-order chi connectivity index (χ1) is 9.81. The van der Waals surface area contributed by atoms with E-state index in [-0.39, 0.29) is 30.4 Å². The summed E-state index contributed by atoms with van der Waals surface area (Å²) in [7, 11) is -1.54. The molecular formula is C14H20N2O4S. The topological polar surface area (TPSA) is 75.7 Å². The lowest BCUT2D eigenvalue weighted by molar-refractivity contribution is -0.129. The summed E-state index contributed by atoms with van der Waals surface area (Å²) in [5, 5.41) is 3.18. The average molecular weight is 312 g/mol. The first-order valence-electron chi connectivity index (χ1n) is 6.70. The van der Waals surface area contributed by atoms with E-state index >= 15 is 0 Å². The Bertz CT molecular complexity index is 630. The number of amides is 1. The number of carbonyl (C=O) groups is 1. The van der Waals surface area contributed by atoms with Crippen molar-refractivity contribution in [2.45, 2.75) is 19.1 Å². The molecule has 0 aromatic heterocycles. The van der Waals surface area contributed by atoms with Crippen LogP contribution in [-0.4, -0.2) is 50.9 Å². The number of hydrogen-bond donors (Lipinski definition) is 1. The Labute approximate surface area is 125 Å². The summed E-state index contributed by atoms with van der Waals surface area (Å²) >= 11 is 0. The minimum Gasteiger partial charge on any atom is -0.497 e. The van der Waals surface area contributed by atoms with Crippen molar-refractivity contribution in [3.63, 3.8) is 0 Å². The average Bonchev–Trinajstić information content (AvgIpc) is 2.72. The van der Waals surface area contributed by atoms with Crippen LogP contribution in [0.25, 0.3) is 0 Å². The zero-order valence-electron chi connectivity index (χ0n) is 12.4. The maximum Gasteiger partial charge on any atom is 0.241 e. The molecule has 1 N–H and O–H groups in total. The molecule has 21 heavy (non-hydrogen) atoms. The third kappa shape index (κ3) is 3.74. The molecule has 0 radical (unpaired) electrons. The van der Waals surface area contributed by atoms with E-state index in [1.165, 1.54) is 6.26 Å². The van der Waals surface area contributed by atoms with Gasteiger partial charge < -0.3 is 9.64 Å². The fourth-order valence-corrected chi connectivity index (χ4v) is 2.89. The van der Waals surface area contributed by atoms with Crippen molar-refractivity contribution in [3.8, 4) is 5.75 Å². The number of rotatable bonds is 5. The zero-order chi connectivity index (χ0) is 15.6. The molecule has 0 bridgehead atoms. The quantitative estimate of drug-likeness (QED) is 0.860. The Kier molecular flexibility index (Phi) is 4.53. The van der Waals surface area contributed by atoms with Crippen LogP contribution in [0.2, 0.25) is 0 Å². The molecule has 6 nitrogen and oxygen atoms in total. The second kappa shape index (κ2) is 6.03. The van der Waals surface area contributed by atoms with Crippen LogP contribution in [0.3, 0.4) is 0 Å².